The van der Waals surface area contributed by atoms with E-state index in [0.29, 0.717) is 19.5 Å². The molecular formula is C25H36N2O2S. The molecule has 0 saturated heterocycles. The zero-order valence-corrected chi connectivity index (χ0v) is 19.7. The molecule has 0 unspecified atom stereocenters. The molecule has 2 rings (SSSR count). The molecule has 0 aliphatic carbocycles. The molecule has 5 heteroatoms. The standard InChI is InChI=1S/C25H36N2O2S/c1-5-7-9-14-24(28)27(21(4)6-2)19-25(29)26(17-22-12-10-8-11-13-22)18-23-20(3)15-16-30-23/h8,10-13,15-16,21H,5-7,9,14,17-19H2,1-4H3/t21-/m0/s1. The molecule has 0 aliphatic rings. The molecule has 0 spiro atoms. The van der Waals surface area contributed by atoms with Crippen LogP contribution in [0.4, 0.5) is 0 Å². The van der Waals surface area contributed by atoms with E-state index >= 15 is 0 Å². The van der Waals surface area contributed by atoms with Gasteiger partial charge in [0.05, 0.1) is 6.54 Å². The maximum atomic E-state index is 13.4. The number of thiophene rings is 1. The van der Waals surface area contributed by atoms with E-state index in [9.17, 15) is 9.59 Å². The van der Waals surface area contributed by atoms with Crippen molar-refractivity contribution in [2.45, 2.75) is 78.9 Å². The number of nitrogens with zero attached hydrogens (tertiary/aromatic N) is 2. The summed E-state index contributed by atoms with van der Waals surface area (Å²) in [5.74, 6) is 0.105. The van der Waals surface area contributed by atoms with Crippen LogP contribution in [0, 0.1) is 6.92 Å². The van der Waals surface area contributed by atoms with Crippen molar-refractivity contribution in [2.75, 3.05) is 6.54 Å². The number of carbonyl (C=O) groups is 2. The van der Waals surface area contributed by atoms with Crippen LogP contribution in [0.3, 0.4) is 0 Å². The molecule has 2 amide bonds. The molecule has 164 valence electrons. The number of rotatable bonds is 12. The highest BCUT2D eigenvalue weighted by atomic mass is 32.1. The average molecular weight is 429 g/mol. The van der Waals surface area contributed by atoms with Crippen molar-refractivity contribution in [1.82, 2.24) is 9.80 Å². The summed E-state index contributed by atoms with van der Waals surface area (Å²) in [4.78, 5) is 31.1. The van der Waals surface area contributed by atoms with Gasteiger partial charge in [-0.25, -0.2) is 0 Å². The minimum Gasteiger partial charge on any atom is -0.332 e. The molecule has 0 N–H and O–H groups in total. The average Bonchev–Trinajstić information content (AvgIpc) is 3.16. The lowest BCUT2D eigenvalue weighted by Crippen LogP contribution is -2.46. The molecule has 0 radical (unpaired) electrons. The summed E-state index contributed by atoms with van der Waals surface area (Å²) in [5, 5.41) is 2.07. The first-order valence-corrected chi connectivity index (χ1v) is 12.0. The summed E-state index contributed by atoms with van der Waals surface area (Å²) in [5.41, 5.74) is 2.31. The summed E-state index contributed by atoms with van der Waals surface area (Å²) < 4.78 is 0. The van der Waals surface area contributed by atoms with Crippen LogP contribution in [0.15, 0.2) is 41.8 Å². The van der Waals surface area contributed by atoms with Gasteiger partial charge in [-0.1, -0.05) is 57.0 Å². The summed E-state index contributed by atoms with van der Waals surface area (Å²) in [7, 11) is 0. The van der Waals surface area contributed by atoms with Crippen molar-refractivity contribution in [3.8, 4) is 0 Å². The van der Waals surface area contributed by atoms with Gasteiger partial charge in [0, 0.05) is 23.9 Å². The van der Waals surface area contributed by atoms with Crippen molar-refractivity contribution >= 4 is 23.2 Å². The summed E-state index contributed by atoms with van der Waals surface area (Å²) in [6.07, 6.45) is 4.38. The molecule has 1 heterocycles. The van der Waals surface area contributed by atoms with Crippen LogP contribution in [0.5, 0.6) is 0 Å². The lowest BCUT2D eigenvalue weighted by atomic mass is 10.1. The molecule has 0 bridgehead atoms. The highest BCUT2D eigenvalue weighted by molar-refractivity contribution is 7.10. The van der Waals surface area contributed by atoms with Crippen LogP contribution in [-0.4, -0.2) is 34.2 Å². The molecule has 2 aromatic rings. The van der Waals surface area contributed by atoms with E-state index < -0.39 is 0 Å². The Morgan fingerprint density at radius 3 is 2.33 bits per heavy atom. The smallest absolute Gasteiger partial charge is 0.242 e. The highest BCUT2D eigenvalue weighted by Gasteiger charge is 2.25. The number of unbranched alkanes of at least 4 members (excludes halogenated alkanes) is 2. The molecule has 1 aromatic carbocycles. The third kappa shape index (κ3) is 7.28. The number of carbonyl (C=O) groups excluding carboxylic acids is 2. The second-order valence-electron chi connectivity index (χ2n) is 8.00. The first kappa shape index (κ1) is 24.1. The third-order valence-corrected chi connectivity index (χ3v) is 6.62. The number of benzene rings is 1. The third-order valence-electron chi connectivity index (χ3n) is 5.61. The fourth-order valence-electron chi connectivity index (χ4n) is 3.40. The monoisotopic (exact) mass is 428 g/mol. The van der Waals surface area contributed by atoms with Crippen LogP contribution >= 0.6 is 11.3 Å². The van der Waals surface area contributed by atoms with Gasteiger partial charge < -0.3 is 9.80 Å². The van der Waals surface area contributed by atoms with Crippen molar-refractivity contribution in [1.29, 1.82) is 0 Å². The fraction of sp³-hybridized carbons (Fsp3) is 0.520. The fourth-order valence-corrected chi connectivity index (χ4v) is 4.32. The lowest BCUT2D eigenvalue weighted by Gasteiger charge is -2.31. The molecule has 4 nitrogen and oxygen atoms in total. The first-order valence-electron chi connectivity index (χ1n) is 11.1. The Morgan fingerprint density at radius 1 is 1.00 bits per heavy atom. The Bertz CT molecular complexity index is 787. The van der Waals surface area contributed by atoms with Gasteiger partial charge in [0.25, 0.3) is 0 Å². The van der Waals surface area contributed by atoms with Crippen LogP contribution in [-0.2, 0) is 22.7 Å². The largest absolute Gasteiger partial charge is 0.332 e. The summed E-state index contributed by atoms with van der Waals surface area (Å²) >= 11 is 1.68. The van der Waals surface area contributed by atoms with Gasteiger partial charge in [-0.2, -0.15) is 0 Å². The zero-order chi connectivity index (χ0) is 21.9. The Balaban J connectivity index is 2.16. The van der Waals surface area contributed by atoms with E-state index in [1.807, 2.05) is 42.2 Å². The zero-order valence-electron chi connectivity index (χ0n) is 18.9. The van der Waals surface area contributed by atoms with E-state index in [1.54, 1.807) is 16.2 Å². The second kappa shape index (κ2) is 12.5. The van der Waals surface area contributed by atoms with Gasteiger partial charge in [-0.3, -0.25) is 9.59 Å². The topological polar surface area (TPSA) is 40.6 Å². The van der Waals surface area contributed by atoms with Crippen LogP contribution < -0.4 is 0 Å². The first-order chi connectivity index (χ1) is 14.5. The van der Waals surface area contributed by atoms with Gasteiger partial charge in [-0.15, -0.1) is 11.3 Å². The minimum atomic E-state index is 0.00999. The predicted molar refractivity (Wildman–Crippen MR) is 125 cm³/mol. The van der Waals surface area contributed by atoms with Crippen LogP contribution in [0.2, 0.25) is 0 Å². The molecule has 0 saturated carbocycles. The second-order valence-corrected chi connectivity index (χ2v) is 9.00. The maximum Gasteiger partial charge on any atom is 0.242 e. The molecule has 1 aromatic heterocycles. The number of aryl methyl sites for hydroxylation is 1. The lowest BCUT2D eigenvalue weighted by molar-refractivity contribution is -0.143. The van der Waals surface area contributed by atoms with Crippen molar-refractivity contribution in [3.63, 3.8) is 0 Å². The van der Waals surface area contributed by atoms with Crippen LogP contribution in [0.25, 0.3) is 0 Å². The van der Waals surface area contributed by atoms with Gasteiger partial charge in [0.1, 0.15) is 6.54 Å². The normalized spacial score (nSPS) is 11.9. The molecular weight excluding hydrogens is 392 g/mol. The molecule has 0 fully saturated rings. The summed E-state index contributed by atoms with van der Waals surface area (Å²) in [6.45, 7) is 9.60. The maximum absolute atomic E-state index is 13.4. The number of hydrogen-bond acceptors (Lipinski definition) is 3. The van der Waals surface area contributed by atoms with Crippen LogP contribution in [0.1, 0.15) is 68.9 Å². The molecule has 1 atom stereocenters. The molecule has 30 heavy (non-hydrogen) atoms. The predicted octanol–water partition coefficient (Wildman–Crippen LogP) is 5.79. The Morgan fingerprint density at radius 2 is 1.73 bits per heavy atom. The SMILES string of the molecule is CCCCCC(=O)N(CC(=O)N(Cc1ccccc1)Cc1sccc1C)[C@@H](C)CC. The number of amides is 2. The Hall–Kier alpha value is -2.14. The Labute approximate surface area is 185 Å². The van der Waals surface area contributed by atoms with E-state index in [1.165, 1.54) is 10.4 Å². The number of hydrogen-bond donors (Lipinski definition) is 0. The quantitative estimate of drug-likeness (QED) is 0.401. The summed E-state index contributed by atoms with van der Waals surface area (Å²) in [6, 6.07) is 12.2. The van der Waals surface area contributed by atoms with E-state index in [4.69, 9.17) is 0 Å². The Kier molecular flexibility index (Phi) is 10.1. The minimum absolute atomic E-state index is 0.00999. The van der Waals surface area contributed by atoms with Gasteiger partial charge in [-0.05, 0) is 49.3 Å². The van der Waals surface area contributed by atoms with E-state index in [-0.39, 0.29) is 24.4 Å². The van der Waals surface area contributed by atoms with Crippen molar-refractivity contribution < 1.29 is 9.59 Å². The van der Waals surface area contributed by atoms with Gasteiger partial charge >= 0.3 is 0 Å². The van der Waals surface area contributed by atoms with Crippen molar-refractivity contribution in [3.05, 3.63) is 57.8 Å². The highest BCUT2D eigenvalue weighted by Crippen LogP contribution is 2.20. The van der Waals surface area contributed by atoms with Gasteiger partial charge in [0.2, 0.25) is 11.8 Å². The van der Waals surface area contributed by atoms with E-state index in [0.717, 1.165) is 31.2 Å². The molecule has 0 aliphatic heterocycles. The van der Waals surface area contributed by atoms with Gasteiger partial charge in [0.15, 0.2) is 0 Å². The van der Waals surface area contributed by atoms with Crippen molar-refractivity contribution in [2.24, 2.45) is 0 Å². The van der Waals surface area contributed by atoms with E-state index in [2.05, 4.69) is 32.2 Å².